The second-order valence-electron chi connectivity index (χ2n) is 14.0. The van der Waals surface area contributed by atoms with Crippen LogP contribution in [0.2, 0.25) is 0 Å². The Bertz CT molecular complexity index is 3240. The summed E-state index contributed by atoms with van der Waals surface area (Å²) in [6.45, 7) is 0. The molecule has 3 aromatic heterocycles. The van der Waals surface area contributed by atoms with Gasteiger partial charge in [-0.05, 0) is 63.0 Å². The first-order chi connectivity index (χ1) is 27.2. The van der Waals surface area contributed by atoms with Crippen LogP contribution in [0.15, 0.2) is 188 Å². The molecule has 55 heavy (non-hydrogen) atoms. The van der Waals surface area contributed by atoms with Gasteiger partial charge in [0.05, 0.1) is 27.3 Å². The smallest absolute Gasteiger partial charge is 0.160 e. The third kappa shape index (κ3) is 5.46. The summed E-state index contributed by atoms with van der Waals surface area (Å²) in [6.07, 6.45) is 0. The molecular formula is C51H31N3S. The van der Waals surface area contributed by atoms with Gasteiger partial charge in [0.1, 0.15) is 0 Å². The first kappa shape index (κ1) is 31.5. The molecule has 11 rings (SSSR count). The van der Waals surface area contributed by atoms with Crippen LogP contribution < -0.4 is 0 Å². The van der Waals surface area contributed by atoms with Gasteiger partial charge in [0, 0.05) is 43.1 Å². The van der Waals surface area contributed by atoms with Crippen molar-refractivity contribution < 1.29 is 0 Å². The lowest BCUT2D eigenvalue weighted by molar-refractivity contribution is 1.18. The van der Waals surface area contributed by atoms with Crippen LogP contribution in [-0.4, -0.2) is 15.0 Å². The van der Waals surface area contributed by atoms with Crippen molar-refractivity contribution in [1.29, 1.82) is 0 Å². The van der Waals surface area contributed by atoms with Crippen LogP contribution in [0.4, 0.5) is 0 Å². The number of aromatic nitrogens is 3. The van der Waals surface area contributed by atoms with Gasteiger partial charge in [0.2, 0.25) is 0 Å². The van der Waals surface area contributed by atoms with E-state index in [4.69, 9.17) is 15.0 Å². The van der Waals surface area contributed by atoms with Crippen molar-refractivity contribution >= 4 is 64.0 Å². The highest BCUT2D eigenvalue weighted by atomic mass is 32.1. The molecule has 3 heterocycles. The fourth-order valence-corrected chi connectivity index (χ4v) is 9.13. The van der Waals surface area contributed by atoms with E-state index < -0.39 is 0 Å². The summed E-state index contributed by atoms with van der Waals surface area (Å²) < 4.78 is 2.43. The third-order valence-corrected chi connectivity index (χ3v) is 11.8. The zero-order valence-electron chi connectivity index (χ0n) is 29.6. The minimum absolute atomic E-state index is 0.698. The average molecular weight is 718 g/mol. The Morgan fingerprint density at radius 1 is 0.345 bits per heavy atom. The molecule has 0 fully saturated rings. The molecule has 256 valence electrons. The molecule has 3 nitrogen and oxygen atoms in total. The van der Waals surface area contributed by atoms with E-state index in [-0.39, 0.29) is 0 Å². The average Bonchev–Trinajstić information content (AvgIpc) is 3.66. The molecule has 11 aromatic rings. The van der Waals surface area contributed by atoms with Crippen molar-refractivity contribution in [3.63, 3.8) is 0 Å². The maximum Gasteiger partial charge on any atom is 0.160 e. The van der Waals surface area contributed by atoms with Crippen LogP contribution in [0, 0.1) is 0 Å². The predicted molar refractivity (Wildman–Crippen MR) is 232 cm³/mol. The molecule has 0 saturated carbocycles. The Hall–Kier alpha value is -7.01. The Morgan fingerprint density at radius 2 is 0.964 bits per heavy atom. The highest BCUT2D eigenvalue weighted by Gasteiger charge is 2.18. The summed E-state index contributed by atoms with van der Waals surface area (Å²) >= 11 is 1.81. The summed E-state index contributed by atoms with van der Waals surface area (Å²) in [5.41, 5.74) is 10.3. The van der Waals surface area contributed by atoms with E-state index >= 15 is 0 Å². The lowest BCUT2D eigenvalue weighted by Gasteiger charge is -2.11. The zero-order chi connectivity index (χ0) is 36.3. The van der Waals surface area contributed by atoms with E-state index in [2.05, 4.69) is 182 Å². The van der Waals surface area contributed by atoms with Crippen LogP contribution in [-0.2, 0) is 0 Å². The van der Waals surface area contributed by atoms with Crippen LogP contribution in [0.1, 0.15) is 0 Å². The monoisotopic (exact) mass is 717 g/mol. The van der Waals surface area contributed by atoms with Gasteiger partial charge in [0.15, 0.2) is 5.82 Å². The molecule has 0 aliphatic rings. The van der Waals surface area contributed by atoms with Gasteiger partial charge in [-0.2, -0.15) is 0 Å². The molecule has 0 aliphatic carbocycles. The SMILES string of the molecule is c1ccc(-c2cc(-c3ccc4sc5c(-c6ccccc6)nc6ccccc6c5c4c3)nc(-c3ccc(-c4ccc5c(ccc6ccccc65)c4)cc3)n2)cc1. The fraction of sp³-hybridized carbons (Fsp3) is 0. The molecule has 4 heteroatoms. The number of pyridine rings is 1. The van der Waals surface area contributed by atoms with Crippen molar-refractivity contribution in [2.75, 3.05) is 0 Å². The Morgan fingerprint density at radius 3 is 1.78 bits per heavy atom. The Kier molecular flexibility index (Phi) is 7.35. The highest BCUT2D eigenvalue weighted by molar-refractivity contribution is 7.26. The van der Waals surface area contributed by atoms with Gasteiger partial charge in [-0.25, -0.2) is 15.0 Å². The third-order valence-electron chi connectivity index (χ3n) is 10.7. The normalized spacial score (nSPS) is 11.6. The van der Waals surface area contributed by atoms with Crippen molar-refractivity contribution in [1.82, 2.24) is 15.0 Å². The number of fused-ring (bicyclic) bond motifs is 8. The maximum absolute atomic E-state index is 5.25. The van der Waals surface area contributed by atoms with Gasteiger partial charge in [-0.15, -0.1) is 11.3 Å². The van der Waals surface area contributed by atoms with E-state index in [1.807, 2.05) is 6.07 Å². The lowest BCUT2D eigenvalue weighted by atomic mass is 9.97. The number of nitrogens with zero attached hydrogens (tertiary/aromatic N) is 3. The van der Waals surface area contributed by atoms with Gasteiger partial charge in [0.25, 0.3) is 0 Å². The van der Waals surface area contributed by atoms with E-state index in [0.29, 0.717) is 5.82 Å². The van der Waals surface area contributed by atoms with Crippen LogP contribution >= 0.6 is 11.3 Å². The largest absolute Gasteiger partial charge is 0.246 e. The first-order valence-corrected chi connectivity index (χ1v) is 19.3. The second-order valence-corrected chi connectivity index (χ2v) is 15.0. The number of thiophene rings is 1. The van der Waals surface area contributed by atoms with Gasteiger partial charge < -0.3 is 0 Å². The number of benzene rings is 8. The van der Waals surface area contributed by atoms with Crippen molar-refractivity contribution in [3.8, 4) is 56.3 Å². The molecule has 0 atom stereocenters. The molecule has 0 aliphatic heterocycles. The van der Waals surface area contributed by atoms with E-state index in [0.717, 1.165) is 55.8 Å². The van der Waals surface area contributed by atoms with Crippen LogP contribution in [0.3, 0.4) is 0 Å². The number of hydrogen-bond donors (Lipinski definition) is 0. The lowest BCUT2D eigenvalue weighted by Crippen LogP contribution is -1.96. The molecule has 0 unspecified atom stereocenters. The molecule has 0 amide bonds. The summed E-state index contributed by atoms with van der Waals surface area (Å²) in [7, 11) is 0. The fourth-order valence-electron chi connectivity index (χ4n) is 7.92. The molecule has 0 saturated heterocycles. The quantitative estimate of drug-likeness (QED) is 0.166. The molecule has 0 bridgehead atoms. The summed E-state index contributed by atoms with van der Waals surface area (Å²) in [4.78, 5) is 15.6. The maximum atomic E-state index is 5.25. The molecular weight excluding hydrogens is 687 g/mol. The van der Waals surface area contributed by atoms with Gasteiger partial charge in [-0.3, -0.25) is 0 Å². The van der Waals surface area contributed by atoms with Crippen molar-refractivity contribution in [3.05, 3.63) is 188 Å². The van der Waals surface area contributed by atoms with E-state index in [1.165, 1.54) is 47.3 Å². The standard InChI is InChI=1S/C51H31N3S/c1-3-12-34(13-4-1)45-31-46(39-26-28-47-43(30-39)48-42-17-9-10-18-44(42)52-49(50(48)55-47)35-14-5-2-6-15-35)54-51(53-45)36-22-19-32(20-23-36)37-25-27-41-38(29-37)24-21-33-11-7-8-16-40(33)41/h1-31H. The second kappa shape index (κ2) is 12.8. The molecule has 0 spiro atoms. The zero-order valence-corrected chi connectivity index (χ0v) is 30.5. The van der Waals surface area contributed by atoms with Crippen LogP contribution in [0.5, 0.6) is 0 Å². The Labute approximate surface area is 321 Å². The van der Waals surface area contributed by atoms with E-state index in [9.17, 15) is 0 Å². The van der Waals surface area contributed by atoms with Gasteiger partial charge >= 0.3 is 0 Å². The summed E-state index contributed by atoms with van der Waals surface area (Å²) in [5, 5.41) is 8.65. The molecule has 0 radical (unpaired) electrons. The number of hydrogen-bond acceptors (Lipinski definition) is 4. The summed E-state index contributed by atoms with van der Waals surface area (Å²) in [6, 6.07) is 66.7. The first-order valence-electron chi connectivity index (χ1n) is 18.5. The number of para-hydroxylation sites is 1. The van der Waals surface area contributed by atoms with E-state index in [1.54, 1.807) is 11.3 Å². The van der Waals surface area contributed by atoms with Gasteiger partial charge in [-0.1, -0.05) is 158 Å². The highest BCUT2D eigenvalue weighted by Crippen LogP contribution is 2.44. The number of rotatable bonds is 5. The van der Waals surface area contributed by atoms with Crippen molar-refractivity contribution in [2.45, 2.75) is 0 Å². The summed E-state index contributed by atoms with van der Waals surface area (Å²) in [5.74, 6) is 0.698. The minimum atomic E-state index is 0.698. The van der Waals surface area contributed by atoms with Crippen molar-refractivity contribution in [2.24, 2.45) is 0 Å². The van der Waals surface area contributed by atoms with Crippen LogP contribution in [0.25, 0.3) is 109 Å². The molecule has 0 N–H and O–H groups in total. The molecule has 8 aromatic carbocycles. The topological polar surface area (TPSA) is 38.7 Å². The minimum Gasteiger partial charge on any atom is -0.246 e. The predicted octanol–water partition coefficient (Wildman–Crippen LogP) is 14.0. The Balaban J connectivity index is 1.04.